The van der Waals surface area contributed by atoms with Crippen molar-refractivity contribution in [1.29, 1.82) is 0 Å². The van der Waals surface area contributed by atoms with Gasteiger partial charge < -0.3 is 15.2 Å². The highest BCUT2D eigenvalue weighted by molar-refractivity contribution is 5.99. The highest BCUT2D eigenvalue weighted by atomic mass is 19.4. The molecule has 10 heteroatoms. The van der Waals surface area contributed by atoms with Crippen molar-refractivity contribution in [2.75, 3.05) is 6.54 Å². The normalized spacial score (nSPS) is 12.6. The average Bonchev–Trinajstić information content (AvgIpc) is 2.72. The first-order valence-electron chi connectivity index (χ1n) is 10.7. The fourth-order valence-electron chi connectivity index (χ4n) is 3.16. The van der Waals surface area contributed by atoms with Crippen LogP contribution in [-0.2, 0) is 6.54 Å². The first kappa shape index (κ1) is 26.1. The van der Waals surface area contributed by atoms with Crippen molar-refractivity contribution in [2.45, 2.75) is 52.9 Å². The second kappa shape index (κ2) is 11.1. The number of pyridine rings is 2. The van der Waals surface area contributed by atoms with Gasteiger partial charge in [0, 0.05) is 43.4 Å². The summed E-state index contributed by atoms with van der Waals surface area (Å²) in [7, 11) is 0. The molecule has 1 atom stereocenters. The number of carbonyl (C=O) groups is 2. The number of nitrogens with zero attached hydrogens (tertiary/aromatic N) is 2. The maximum Gasteiger partial charge on any atom is 0.412 e. The first-order chi connectivity index (χ1) is 15.4. The van der Waals surface area contributed by atoms with Gasteiger partial charge in [0.25, 0.3) is 11.8 Å². The minimum Gasteiger partial charge on any atom is -0.352 e. The van der Waals surface area contributed by atoms with E-state index < -0.39 is 35.0 Å². The summed E-state index contributed by atoms with van der Waals surface area (Å²) in [5.41, 5.74) is -2.03. The fraction of sp³-hybridized carbons (Fsp3) is 0.478. The van der Waals surface area contributed by atoms with Gasteiger partial charge in [-0.3, -0.25) is 19.4 Å². The van der Waals surface area contributed by atoms with Gasteiger partial charge in [-0.15, -0.1) is 0 Å². The molecule has 2 rings (SSSR count). The third-order valence-corrected chi connectivity index (χ3v) is 4.77. The van der Waals surface area contributed by atoms with Crippen LogP contribution in [0.2, 0.25) is 0 Å². The summed E-state index contributed by atoms with van der Waals surface area (Å²) in [6.45, 7) is 8.43. The van der Waals surface area contributed by atoms with E-state index in [1.54, 1.807) is 0 Å². The quantitative estimate of drug-likeness (QED) is 0.589. The van der Waals surface area contributed by atoms with E-state index in [4.69, 9.17) is 0 Å². The monoisotopic (exact) mass is 466 g/mol. The molecular formula is C23H29F3N4O3. The molecule has 2 aromatic heterocycles. The molecule has 0 spiro atoms. The number of alkyl halides is 3. The first-order valence-corrected chi connectivity index (χ1v) is 10.7. The van der Waals surface area contributed by atoms with Crippen molar-refractivity contribution >= 4 is 11.8 Å². The molecule has 180 valence electrons. The van der Waals surface area contributed by atoms with E-state index in [1.165, 1.54) is 35.3 Å². The largest absolute Gasteiger partial charge is 0.412 e. The zero-order valence-corrected chi connectivity index (χ0v) is 19.1. The predicted molar refractivity (Wildman–Crippen MR) is 118 cm³/mol. The highest BCUT2D eigenvalue weighted by Gasteiger charge is 2.42. The third kappa shape index (κ3) is 7.44. The zero-order valence-electron chi connectivity index (χ0n) is 19.1. The van der Waals surface area contributed by atoms with E-state index in [0.29, 0.717) is 25.4 Å². The number of aromatic nitrogens is 2. The molecule has 7 nitrogen and oxygen atoms in total. The van der Waals surface area contributed by atoms with Crippen molar-refractivity contribution < 1.29 is 22.8 Å². The molecule has 0 aliphatic carbocycles. The molecule has 33 heavy (non-hydrogen) atoms. The van der Waals surface area contributed by atoms with Gasteiger partial charge >= 0.3 is 6.18 Å². The van der Waals surface area contributed by atoms with Gasteiger partial charge in [-0.1, -0.05) is 33.8 Å². The summed E-state index contributed by atoms with van der Waals surface area (Å²) in [6.07, 6.45) is 0.677. The number of amides is 2. The maximum atomic E-state index is 13.7. The van der Waals surface area contributed by atoms with Crippen LogP contribution >= 0.6 is 0 Å². The van der Waals surface area contributed by atoms with Crippen LogP contribution in [0, 0.1) is 11.8 Å². The Morgan fingerprint density at radius 2 is 1.70 bits per heavy atom. The third-order valence-electron chi connectivity index (χ3n) is 4.77. The molecule has 0 saturated heterocycles. The van der Waals surface area contributed by atoms with Crippen LogP contribution in [0.3, 0.4) is 0 Å². The van der Waals surface area contributed by atoms with Gasteiger partial charge in [0.1, 0.15) is 11.1 Å². The molecule has 0 bridgehead atoms. The smallest absolute Gasteiger partial charge is 0.352 e. The molecule has 0 aliphatic heterocycles. The molecular weight excluding hydrogens is 437 g/mol. The van der Waals surface area contributed by atoms with E-state index in [2.05, 4.69) is 10.3 Å². The molecule has 0 radical (unpaired) electrons. The van der Waals surface area contributed by atoms with E-state index >= 15 is 0 Å². The summed E-state index contributed by atoms with van der Waals surface area (Å²) >= 11 is 0. The van der Waals surface area contributed by atoms with E-state index in [1.807, 2.05) is 33.0 Å². The van der Waals surface area contributed by atoms with Crippen LogP contribution in [0.4, 0.5) is 13.2 Å². The minimum atomic E-state index is -4.82. The van der Waals surface area contributed by atoms with Crippen LogP contribution < -0.4 is 16.1 Å². The summed E-state index contributed by atoms with van der Waals surface area (Å²) in [5, 5.41) is 4.52. The van der Waals surface area contributed by atoms with Crippen molar-refractivity contribution in [1.82, 2.24) is 20.2 Å². The Morgan fingerprint density at radius 1 is 1.06 bits per heavy atom. The van der Waals surface area contributed by atoms with E-state index in [9.17, 15) is 27.6 Å². The van der Waals surface area contributed by atoms with Gasteiger partial charge in [-0.25, -0.2) is 0 Å². The van der Waals surface area contributed by atoms with Gasteiger partial charge in [0.2, 0.25) is 5.43 Å². The van der Waals surface area contributed by atoms with Crippen LogP contribution in [0.1, 0.15) is 66.4 Å². The van der Waals surface area contributed by atoms with Crippen molar-refractivity contribution in [3.05, 3.63) is 63.8 Å². The Hall–Kier alpha value is -3.17. The van der Waals surface area contributed by atoms with Crippen LogP contribution in [0.25, 0.3) is 0 Å². The average molecular weight is 467 g/mol. The summed E-state index contributed by atoms with van der Waals surface area (Å²) < 4.78 is 42.4. The number of hydrogen-bond donors (Lipinski definition) is 2. The van der Waals surface area contributed by atoms with Gasteiger partial charge in [-0.05, 0) is 24.3 Å². The predicted octanol–water partition coefficient (Wildman–Crippen LogP) is 3.71. The molecule has 1 unspecified atom stereocenters. The van der Waals surface area contributed by atoms with Gasteiger partial charge in [-0.2, -0.15) is 13.2 Å². The molecule has 0 saturated carbocycles. The Balaban J connectivity index is 2.43. The maximum absolute atomic E-state index is 13.7. The Morgan fingerprint density at radius 3 is 2.21 bits per heavy atom. The number of halogens is 3. The lowest BCUT2D eigenvalue weighted by atomic mass is 10.1. The molecule has 0 fully saturated rings. The number of hydrogen-bond acceptors (Lipinski definition) is 4. The Bertz CT molecular complexity index is 1020. The second-order valence-corrected chi connectivity index (χ2v) is 8.68. The van der Waals surface area contributed by atoms with Crippen molar-refractivity contribution in [3.63, 3.8) is 0 Å². The molecule has 2 aromatic rings. The summed E-state index contributed by atoms with van der Waals surface area (Å²) in [4.78, 5) is 42.1. The molecule has 0 aliphatic rings. The van der Waals surface area contributed by atoms with Crippen LogP contribution in [0.15, 0.2) is 41.7 Å². The lowest BCUT2D eigenvalue weighted by molar-refractivity contribution is -0.155. The van der Waals surface area contributed by atoms with Crippen LogP contribution in [-0.4, -0.2) is 34.1 Å². The molecule has 2 N–H and O–H groups in total. The lowest BCUT2D eigenvalue weighted by Gasteiger charge is -2.22. The van der Waals surface area contributed by atoms with Gasteiger partial charge in [0.15, 0.2) is 6.04 Å². The SMILES string of the molecule is CC(C)CCNC(=O)c1cn(CC(C)C)cc(C(=O)NC(c2cccnc2)C(F)(F)F)c1=O. The Labute approximate surface area is 190 Å². The summed E-state index contributed by atoms with van der Waals surface area (Å²) in [6, 6.07) is 0.138. The number of carbonyl (C=O) groups excluding carboxylic acids is 2. The van der Waals surface area contributed by atoms with E-state index in [0.717, 1.165) is 6.20 Å². The molecule has 2 heterocycles. The number of nitrogens with one attached hydrogen (secondary N) is 2. The molecule has 0 aromatic carbocycles. The van der Waals surface area contributed by atoms with Gasteiger partial charge in [0.05, 0.1) is 0 Å². The number of rotatable bonds is 9. The zero-order chi connectivity index (χ0) is 24.8. The van der Waals surface area contributed by atoms with E-state index in [-0.39, 0.29) is 17.0 Å². The summed E-state index contributed by atoms with van der Waals surface area (Å²) in [5.74, 6) is -1.47. The highest BCUT2D eigenvalue weighted by Crippen LogP contribution is 2.32. The molecule has 2 amide bonds. The minimum absolute atomic E-state index is 0.0959. The van der Waals surface area contributed by atoms with Crippen LogP contribution in [0.5, 0.6) is 0 Å². The van der Waals surface area contributed by atoms with Crippen molar-refractivity contribution in [3.8, 4) is 0 Å². The second-order valence-electron chi connectivity index (χ2n) is 8.68. The topological polar surface area (TPSA) is 93.1 Å². The Kier molecular flexibility index (Phi) is 8.78. The fourth-order valence-corrected chi connectivity index (χ4v) is 3.16. The standard InChI is InChI=1S/C23H29F3N4O3/c1-14(2)7-9-28-21(32)17-12-30(11-15(3)4)13-18(19(17)31)22(33)29-20(23(24,25)26)16-6-5-8-27-10-16/h5-6,8,10,12-15,20H,7,9,11H2,1-4H3,(H,28,32)(H,29,33). The van der Waals surface area contributed by atoms with Crippen molar-refractivity contribution in [2.24, 2.45) is 11.8 Å². The lowest BCUT2D eigenvalue weighted by Crippen LogP contribution is -2.41.